The number of hydrogen-bond acceptors (Lipinski definition) is 6. The van der Waals surface area contributed by atoms with Crippen molar-refractivity contribution in [3.05, 3.63) is 54.3 Å². The number of carbonyl (C=O) groups excluding carboxylic acids is 3. The van der Waals surface area contributed by atoms with Crippen molar-refractivity contribution in [1.82, 2.24) is 10.6 Å². The van der Waals surface area contributed by atoms with Crippen molar-refractivity contribution in [2.75, 3.05) is 4.90 Å². The number of amides is 4. The predicted molar refractivity (Wildman–Crippen MR) is 145 cm³/mol. The lowest BCUT2D eigenvalue weighted by molar-refractivity contribution is -0.133. The van der Waals surface area contributed by atoms with E-state index in [1.54, 1.807) is 36.4 Å². The molecule has 2 aliphatic rings. The molecular weight excluding hydrogens is 522 g/mol. The maximum Gasteiger partial charge on any atom is 0.324 e. The molecule has 4 amide bonds. The number of carbonyl (C=O) groups is 3. The Labute approximate surface area is 227 Å². The van der Waals surface area contributed by atoms with Crippen LogP contribution in [0.3, 0.4) is 0 Å². The van der Waals surface area contributed by atoms with Gasteiger partial charge in [0.2, 0.25) is 11.8 Å². The summed E-state index contributed by atoms with van der Waals surface area (Å²) in [5, 5.41) is 21.0. The molecule has 0 saturated heterocycles. The molecule has 0 radical (unpaired) electrons. The summed E-state index contributed by atoms with van der Waals surface area (Å²) in [5.74, 6) is -4.25. The highest BCUT2D eigenvalue weighted by Gasteiger charge is 2.52. The van der Waals surface area contributed by atoms with E-state index in [-0.39, 0.29) is 18.6 Å². The molecule has 5 rings (SSSR count). The number of primary amides is 1. The number of urea groups is 1. The second kappa shape index (κ2) is 9.85. The molecule has 0 unspecified atom stereocenters. The molecule has 12 heteroatoms. The Morgan fingerprint density at radius 2 is 1.55 bits per heavy atom. The summed E-state index contributed by atoms with van der Waals surface area (Å²) in [4.78, 5) is 39.0. The van der Waals surface area contributed by atoms with Gasteiger partial charge in [-0.25, -0.2) is 13.6 Å². The fraction of sp³-hybridized carbons (Fsp3) is 0.321. The van der Waals surface area contributed by atoms with Crippen molar-refractivity contribution in [2.45, 2.75) is 55.5 Å². The number of alkyl halides is 2. The first-order valence-corrected chi connectivity index (χ1v) is 12.8. The van der Waals surface area contributed by atoms with Gasteiger partial charge in [0.1, 0.15) is 11.1 Å². The van der Waals surface area contributed by atoms with Gasteiger partial charge >= 0.3 is 6.03 Å². The molecule has 3 aromatic rings. The molecule has 1 heterocycles. The van der Waals surface area contributed by atoms with Crippen molar-refractivity contribution in [2.24, 2.45) is 5.73 Å². The lowest BCUT2D eigenvalue weighted by Crippen LogP contribution is -2.63. The van der Waals surface area contributed by atoms with Crippen LogP contribution >= 0.6 is 0 Å². The number of rotatable bonds is 8. The average Bonchev–Trinajstić information content (AvgIpc) is 3.57. The van der Waals surface area contributed by atoms with Crippen LogP contribution in [-0.4, -0.2) is 47.4 Å². The molecule has 2 saturated carbocycles. The third-order valence-corrected chi connectivity index (χ3v) is 7.64. The minimum atomic E-state index is -2.92. The molecule has 6 N–H and O–H groups in total. The van der Waals surface area contributed by atoms with E-state index < -0.39 is 47.7 Å². The van der Waals surface area contributed by atoms with Crippen LogP contribution in [-0.2, 0) is 4.79 Å². The molecule has 0 spiro atoms. The number of nitrogens with two attached hydrogens (primary N) is 1. The van der Waals surface area contributed by atoms with E-state index >= 15 is 0 Å². The molecule has 2 aromatic carbocycles. The van der Waals surface area contributed by atoms with Gasteiger partial charge in [0.25, 0.3) is 5.91 Å². The highest BCUT2D eigenvalue weighted by molar-refractivity contribution is 6.06. The van der Waals surface area contributed by atoms with Crippen LogP contribution in [0.1, 0.15) is 49.1 Å². The Morgan fingerprint density at radius 1 is 0.900 bits per heavy atom. The summed E-state index contributed by atoms with van der Waals surface area (Å²) in [6, 6.07) is 12.8. The average molecular weight is 551 g/mol. The van der Waals surface area contributed by atoms with E-state index in [1.165, 1.54) is 6.07 Å². The number of furan rings is 1. The van der Waals surface area contributed by atoms with Gasteiger partial charge in [0.15, 0.2) is 5.76 Å². The molecule has 40 heavy (non-hydrogen) atoms. The van der Waals surface area contributed by atoms with E-state index in [1.807, 2.05) is 6.07 Å². The molecule has 2 aliphatic carbocycles. The second-order valence-corrected chi connectivity index (χ2v) is 10.4. The molecule has 2 fully saturated rings. The van der Waals surface area contributed by atoms with Gasteiger partial charge in [-0.05, 0) is 61.1 Å². The summed E-state index contributed by atoms with van der Waals surface area (Å²) >= 11 is 0. The number of benzene rings is 2. The standard InChI is InChI=1S/C28H28F2N6O4/c29-28(30)11-9-27(10-12-28,24(38)35-26(15-31)7-8-26)34-23(37)22-14-19-2-1-18(13-21(19)40-22)17-3-5-20(6-4-17)36(16-32)25(33)39/h1-6,13-16,31-32H,7-12H2,(H2,33,39)(H,34,37)(H,35,38). The summed E-state index contributed by atoms with van der Waals surface area (Å²) < 4.78 is 33.8. The Balaban J connectivity index is 1.37. The summed E-state index contributed by atoms with van der Waals surface area (Å²) in [5.41, 5.74) is 5.32. The Bertz CT molecular complexity index is 1500. The van der Waals surface area contributed by atoms with E-state index in [2.05, 4.69) is 10.6 Å². The van der Waals surface area contributed by atoms with E-state index in [0.717, 1.165) is 28.6 Å². The topological polar surface area (TPSA) is 165 Å². The third kappa shape index (κ3) is 5.16. The van der Waals surface area contributed by atoms with E-state index in [0.29, 0.717) is 29.5 Å². The molecule has 0 bridgehead atoms. The molecule has 10 nitrogen and oxygen atoms in total. The summed E-state index contributed by atoms with van der Waals surface area (Å²) in [6.07, 6.45) is 1.57. The van der Waals surface area contributed by atoms with Crippen molar-refractivity contribution in [1.29, 1.82) is 10.8 Å². The van der Waals surface area contributed by atoms with Crippen molar-refractivity contribution < 1.29 is 27.6 Å². The lowest BCUT2D eigenvalue weighted by Gasteiger charge is -2.39. The highest BCUT2D eigenvalue weighted by atomic mass is 19.3. The minimum absolute atomic E-state index is 0.0664. The van der Waals surface area contributed by atoms with Crippen LogP contribution in [0.15, 0.2) is 52.9 Å². The maximum atomic E-state index is 14.0. The van der Waals surface area contributed by atoms with Crippen LogP contribution in [0.2, 0.25) is 0 Å². The van der Waals surface area contributed by atoms with Gasteiger partial charge in [-0.15, -0.1) is 0 Å². The Kier molecular flexibility index (Phi) is 6.64. The van der Waals surface area contributed by atoms with Crippen molar-refractivity contribution >= 4 is 47.1 Å². The van der Waals surface area contributed by atoms with Gasteiger partial charge < -0.3 is 26.2 Å². The normalized spacial score (nSPS) is 18.4. The van der Waals surface area contributed by atoms with E-state index in [4.69, 9.17) is 21.0 Å². The number of fused-ring (bicyclic) bond motifs is 1. The molecule has 0 aliphatic heterocycles. The highest BCUT2D eigenvalue weighted by Crippen LogP contribution is 2.41. The largest absolute Gasteiger partial charge is 0.451 e. The maximum absolute atomic E-state index is 14.0. The van der Waals surface area contributed by atoms with Gasteiger partial charge in [-0.3, -0.25) is 19.9 Å². The Morgan fingerprint density at radius 3 is 2.12 bits per heavy atom. The number of anilines is 1. The SMILES string of the molecule is N=CN(C(N)=O)c1ccc(-c2ccc3cc(C(=O)NC4(C(=O)NC5(C=N)CC5)CCC(F)(F)CC4)oc3c2)cc1. The second-order valence-electron chi connectivity index (χ2n) is 10.4. The molecule has 208 valence electrons. The van der Waals surface area contributed by atoms with Crippen LogP contribution < -0.4 is 21.3 Å². The first-order valence-electron chi connectivity index (χ1n) is 12.8. The van der Waals surface area contributed by atoms with Crippen molar-refractivity contribution in [3.63, 3.8) is 0 Å². The predicted octanol–water partition coefficient (Wildman–Crippen LogP) is 4.57. The summed E-state index contributed by atoms with van der Waals surface area (Å²) in [7, 11) is 0. The van der Waals surface area contributed by atoms with Gasteiger partial charge in [-0.2, -0.15) is 0 Å². The third-order valence-electron chi connectivity index (χ3n) is 7.64. The lowest BCUT2D eigenvalue weighted by atomic mass is 9.78. The fourth-order valence-corrected chi connectivity index (χ4v) is 4.92. The number of halogens is 2. The number of nitrogens with zero attached hydrogens (tertiary/aromatic N) is 1. The summed E-state index contributed by atoms with van der Waals surface area (Å²) in [6.45, 7) is 0. The van der Waals surface area contributed by atoms with Crippen LogP contribution in [0.5, 0.6) is 0 Å². The zero-order chi connectivity index (χ0) is 28.7. The molecular formula is C28H28F2N6O4. The molecule has 0 atom stereocenters. The smallest absolute Gasteiger partial charge is 0.324 e. The van der Waals surface area contributed by atoms with Crippen LogP contribution in [0.25, 0.3) is 22.1 Å². The van der Waals surface area contributed by atoms with Crippen molar-refractivity contribution in [3.8, 4) is 11.1 Å². The zero-order valence-corrected chi connectivity index (χ0v) is 21.4. The number of nitrogens with one attached hydrogen (secondary N) is 4. The minimum Gasteiger partial charge on any atom is -0.451 e. The Hall–Kier alpha value is -4.61. The fourth-order valence-electron chi connectivity index (χ4n) is 4.92. The van der Waals surface area contributed by atoms with E-state index in [9.17, 15) is 23.2 Å². The van der Waals surface area contributed by atoms with Gasteiger partial charge in [0.05, 0.1) is 17.6 Å². The number of hydrogen-bond donors (Lipinski definition) is 5. The first-order chi connectivity index (χ1) is 19.0. The van der Waals surface area contributed by atoms with Crippen LogP contribution in [0, 0.1) is 10.8 Å². The quantitative estimate of drug-likeness (QED) is 0.205. The monoisotopic (exact) mass is 550 g/mol. The first kappa shape index (κ1) is 27.0. The van der Waals surface area contributed by atoms with Gasteiger partial charge in [0, 0.05) is 24.4 Å². The van der Waals surface area contributed by atoms with Crippen LogP contribution in [0.4, 0.5) is 19.3 Å². The zero-order valence-electron chi connectivity index (χ0n) is 21.4. The van der Waals surface area contributed by atoms with Gasteiger partial charge in [-0.1, -0.05) is 24.3 Å². The molecule has 1 aromatic heterocycles.